The first-order valence-corrected chi connectivity index (χ1v) is 8.02. The summed E-state index contributed by atoms with van der Waals surface area (Å²) in [6.07, 6.45) is 2.05. The van der Waals surface area contributed by atoms with E-state index < -0.39 is 22.1 Å². The van der Waals surface area contributed by atoms with E-state index in [1.165, 1.54) is 4.31 Å². The Morgan fingerprint density at radius 3 is 2.65 bits per heavy atom. The molecule has 0 aromatic heterocycles. The molecule has 1 saturated carbocycles. The summed E-state index contributed by atoms with van der Waals surface area (Å²) in [6, 6.07) is 7.06. The second-order valence-corrected chi connectivity index (χ2v) is 6.92. The Balaban J connectivity index is 1.97. The standard InChI is InChI=1S/C13H16N2O4S/c16-13(17)10-7-9-3-1-2-4-12(9)15(8-10)20(18,19)14-11-5-6-11/h1-4,10-11,14H,5-8H2,(H,16,17). The predicted octanol–water partition coefficient (Wildman–Crippen LogP) is 0.747. The number of anilines is 1. The third-order valence-electron chi connectivity index (χ3n) is 3.65. The van der Waals surface area contributed by atoms with E-state index in [0.717, 1.165) is 18.4 Å². The molecule has 1 aliphatic carbocycles. The average molecular weight is 296 g/mol. The second kappa shape index (κ2) is 4.75. The molecule has 2 aliphatic rings. The van der Waals surface area contributed by atoms with Gasteiger partial charge in [-0.15, -0.1) is 0 Å². The second-order valence-electron chi connectivity index (χ2n) is 5.30. The summed E-state index contributed by atoms with van der Waals surface area (Å²) in [4.78, 5) is 11.2. The van der Waals surface area contributed by atoms with Crippen LogP contribution in [0.1, 0.15) is 18.4 Å². The number of fused-ring (bicyclic) bond motifs is 1. The monoisotopic (exact) mass is 296 g/mol. The fourth-order valence-corrected chi connectivity index (χ4v) is 4.02. The van der Waals surface area contributed by atoms with Gasteiger partial charge in [-0.1, -0.05) is 18.2 Å². The molecule has 1 aromatic rings. The van der Waals surface area contributed by atoms with Crippen LogP contribution in [0.25, 0.3) is 0 Å². The quantitative estimate of drug-likeness (QED) is 0.858. The minimum Gasteiger partial charge on any atom is -0.481 e. The van der Waals surface area contributed by atoms with E-state index in [9.17, 15) is 18.3 Å². The molecule has 1 aromatic carbocycles. The van der Waals surface area contributed by atoms with E-state index in [1.54, 1.807) is 24.3 Å². The van der Waals surface area contributed by atoms with Crippen LogP contribution < -0.4 is 9.03 Å². The van der Waals surface area contributed by atoms with Crippen LogP contribution in [0.4, 0.5) is 5.69 Å². The highest BCUT2D eigenvalue weighted by Crippen LogP contribution is 2.32. The van der Waals surface area contributed by atoms with Gasteiger partial charge in [0, 0.05) is 12.6 Å². The molecule has 1 atom stereocenters. The van der Waals surface area contributed by atoms with Crippen molar-refractivity contribution in [2.45, 2.75) is 25.3 Å². The summed E-state index contributed by atoms with van der Waals surface area (Å²) in [5, 5.41) is 9.20. The van der Waals surface area contributed by atoms with Crippen molar-refractivity contribution in [2.24, 2.45) is 5.92 Å². The predicted molar refractivity (Wildman–Crippen MR) is 73.7 cm³/mol. The molecule has 6 nitrogen and oxygen atoms in total. The number of aliphatic carboxylic acids is 1. The zero-order valence-electron chi connectivity index (χ0n) is 10.8. The molecule has 1 aliphatic heterocycles. The Bertz CT molecular complexity index is 640. The molecule has 108 valence electrons. The van der Waals surface area contributed by atoms with Crippen molar-refractivity contribution < 1.29 is 18.3 Å². The van der Waals surface area contributed by atoms with Gasteiger partial charge in [-0.05, 0) is 30.9 Å². The van der Waals surface area contributed by atoms with Gasteiger partial charge in [0.25, 0.3) is 0 Å². The lowest BCUT2D eigenvalue weighted by Gasteiger charge is -2.33. The van der Waals surface area contributed by atoms with E-state index in [2.05, 4.69) is 4.72 Å². The molecule has 20 heavy (non-hydrogen) atoms. The minimum atomic E-state index is -3.68. The Kier molecular flexibility index (Phi) is 3.18. The van der Waals surface area contributed by atoms with Gasteiger partial charge in [0.05, 0.1) is 11.6 Å². The number of carbonyl (C=O) groups is 1. The van der Waals surface area contributed by atoms with Gasteiger partial charge in [-0.25, -0.2) is 0 Å². The molecule has 2 N–H and O–H groups in total. The number of nitrogens with zero attached hydrogens (tertiary/aromatic N) is 1. The van der Waals surface area contributed by atoms with E-state index in [0.29, 0.717) is 12.1 Å². The maximum atomic E-state index is 12.4. The van der Waals surface area contributed by atoms with Crippen LogP contribution in [0.3, 0.4) is 0 Å². The van der Waals surface area contributed by atoms with E-state index in [1.807, 2.05) is 0 Å². The lowest BCUT2D eigenvalue weighted by molar-refractivity contribution is -0.141. The number of hydrogen-bond acceptors (Lipinski definition) is 3. The zero-order chi connectivity index (χ0) is 14.3. The van der Waals surface area contributed by atoms with Crippen molar-refractivity contribution in [2.75, 3.05) is 10.8 Å². The molecule has 7 heteroatoms. The molecular formula is C13H16N2O4S. The topological polar surface area (TPSA) is 86.7 Å². The molecule has 0 bridgehead atoms. The molecule has 0 amide bonds. The van der Waals surface area contributed by atoms with Gasteiger partial charge in [0.2, 0.25) is 0 Å². The van der Waals surface area contributed by atoms with Crippen LogP contribution in [-0.4, -0.2) is 32.1 Å². The Morgan fingerprint density at radius 1 is 1.30 bits per heavy atom. The SMILES string of the molecule is O=C(O)C1Cc2ccccc2N(S(=O)(=O)NC2CC2)C1. The van der Waals surface area contributed by atoms with Crippen molar-refractivity contribution in [3.8, 4) is 0 Å². The molecule has 3 rings (SSSR count). The van der Waals surface area contributed by atoms with E-state index >= 15 is 0 Å². The third-order valence-corrected chi connectivity index (χ3v) is 5.20. The highest BCUT2D eigenvalue weighted by molar-refractivity contribution is 7.90. The van der Waals surface area contributed by atoms with Gasteiger partial charge < -0.3 is 5.11 Å². The van der Waals surface area contributed by atoms with Crippen molar-refractivity contribution in [1.82, 2.24) is 4.72 Å². The van der Waals surface area contributed by atoms with Crippen LogP contribution >= 0.6 is 0 Å². The van der Waals surface area contributed by atoms with Crippen molar-refractivity contribution in [3.05, 3.63) is 29.8 Å². The highest BCUT2D eigenvalue weighted by atomic mass is 32.2. The summed E-state index contributed by atoms with van der Waals surface area (Å²) in [5.74, 6) is -1.67. The smallest absolute Gasteiger partial charge is 0.308 e. The number of carboxylic acid groups (broad SMARTS) is 1. The Labute approximate surface area is 117 Å². The van der Waals surface area contributed by atoms with E-state index in [-0.39, 0.29) is 12.6 Å². The minimum absolute atomic E-state index is 0.00244. The molecular weight excluding hydrogens is 280 g/mol. The summed E-state index contributed by atoms with van der Waals surface area (Å²) in [5.41, 5.74) is 1.34. The number of carboxylic acids is 1. The van der Waals surface area contributed by atoms with Gasteiger partial charge in [-0.3, -0.25) is 9.10 Å². The number of benzene rings is 1. The Morgan fingerprint density at radius 2 is 2.00 bits per heavy atom. The number of rotatable bonds is 4. The van der Waals surface area contributed by atoms with Crippen molar-refractivity contribution >= 4 is 21.9 Å². The van der Waals surface area contributed by atoms with Gasteiger partial charge in [0.15, 0.2) is 0 Å². The first kappa shape index (κ1) is 13.4. The molecule has 1 heterocycles. The van der Waals surface area contributed by atoms with E-state index in [4.69, 9.17) is 0 Å². The highest BCUT2D eigenvalue weighted by Gasteiger charge is 2.37. The van der Waals surface area contributed by atoms with Gasteiger partial charge in [-0.2, -0.15) is 13.1 Å². The summed E-state index contributed by atoms with van der Waals surface area (Å²) in [7, 11) is -3.68. The van der Waals surface area contributed by atoms with Gasteiger partial charge >= 0.3 is 16.2 Å². The molecule has 0 spiro atoms. The summed E-state index contributed by atoms with van der Waals surface area (Å²) >= 11 is 0. The van der Waals surface area contributed by atoms with Crippen LogP contribution in [0.5, 0.6) is 0 Å². The number of nitrogens with one attached hydrogen (secondary N) is 1. The lowest BCUT2D eigenvalue weighted by Crippen LogP contribution is -2.48. The molecule has 1 unspecified atom stereocenters. The molecule has 0 radical (unpaired) electrons. The van der Waals surface area contributed by atoms with Crippen LogP contribution in [0.15, 0.2) is 24.3 Å². The first-order chi connectivity index (χ1) is 9.47. The largest absolute Gasteiger partial charge is 0.481 e. The fraction of sp³-hybridized carbons (Fsp3) is 0.462. The molecule has 1 fully saturated rings. The lowest BCUT2D eigenvalue weighted by atomic mass is 9.94. The average Bonchev–Trinajstić information content (AvgIpc) is 3.20. The fourth-order valence-electron chi connectivity index (χ4n) is 2.42. The Hall–Kier alpha value is -1.60. The van der Waals surface area contributed by atoms with Crippen molar-refractivity contribution in [3.63, 3.8) is 0 Å². The zero-order valence-corrected chi connectivity index (χ0v) is 11.6. The van der Waals surface area contributed by atoms with Crippen molar-refractivity contribution in [1.29, 1.82) is 0 Å². The summed E-state index contributed by atoms with van der Waals surface area (Å²) < 4.78 is 28.6. The van der Waals surface area contributed by atoms with Gasteiger partial charge in [0.1, 0.15) is 0 Å². The third kappa shape index (κ3) is 2.51. The maximum Gasteiger partial charge on any atom is 0.308 e. The summed E-state index contributed by atoms with van der Waals surface area (Å²) in [6.45, 7) is -0.0194. The van der Waals surface area contributed by atoms with Crippen LogP contribution in [-0.2, 0) is 21.4 Å². The molecule has 0 saturated heterocycles. The number of hydrogen-bond donors (Lipinski definition) is 2. The first-order valence-electron chi connectivity index (χ1n) is 6.58. The normalized spacial score (nSPS) is 22.4. The van der Waals surface area contributed by atoms with Crippen LogP contribution in [0, 0.1) is 5.92 Å². The van der Waals surface area contributed by atoms with Crippen LogP contribution in [0.2, 0.25) is 0 Å². The number of para-hydroxylation sites is 1. The maximum absolute atomic E-state index is 12.4.